The van der Waals surface area contributed by atoms with Gasteiger partial charge in [0.05, 0.1) is 0 Å². The molecule has 0 unspecified atom stereocenters. The molecular weight excluding hydrogens is 190 g/mol. The van der Waals surface area contributed by atoms with Gasteiger partial charge in [0.1, 0.15) is 5.60 Å². The molecule has 0 rings (SSSR count). The molecule has 0 spiro atoms. The number of carbonyl (C=O) groups excluding carboxylic acids is 1. The molecule has 88 valence electrons. The zero-order valence-electron chi connectivity index (χ0n) is 10.7. The first-order chi connectivity index (χ1) is 6.76. The van der Waals surface area contributed by atoms with Crippen molar-refractivity contribution in [3.8, 4) is 0 Å². The van der Waals surface area contributed by atoms with E-state index >= 15 is 0 Å². The van der Waals surface area contributed by atoms with Crippen molar-refractivity contribution in [1.82, 2.24) is 5.32 Å². The van der Waals surface area contributed by atoms with Gasteiger partial charge in [0.2, 0.25) is 0 Å². The normalized spacial score (nSPS) is 10.9. The molecular formula is C12H23NO2. The molecule has 15 heavy (non-hydrogen) atoms. The van der Waals surface area contributed by atoms with Gasteiger partial charge in [-0.15, -0.1) is 0 Å². The smallest absolute Gasteiger partial charge is 0.330 e. The highest BCUT2D eigenvalue weighted by Gasteiger charge is 2.12. The number of rotatable bonds is 2. The maximum absolute atomic E-state index is 10.5. The predicted octanol–water partition coefficient (Wildman–Crippen LogP) is 2.64. The minimum absolute atomic E-state index is 0.373. The van der Waals surface area contributed by atoms with E-state index in [1.807, 2.05) is 47.7 Å². The maximum Gasteiger partial charge on any atom is 0.330 e. The fourth-order valence-corrected chi connectivity index (χ4v) is 0.488. The van der Waals surface area contributed by atoms with Gasteiger partial charge in [-0.05, 0) is 34.6 Å². The van der Waals surface area contributed by atoms with Crippen molar-refractivity contribution in [2.75, 3.05) is 7.05 Å². The van der Waals surface area contributed by atoms with Crippen LogP contribution in [0.2, 0.25) is 0 Å². The van der Waals surface area contributed by atoms with Gasteiger partial charge in [-0.1, -0.05) is 12.7 Å². The molecule has 0 fully saturated rings. The van der Waals surface area contributed by atoms with Crippen LogP contribution in [0.25, 0.3) is 0 Å². The molecule has 3 nitrogen and oxygen atoms in total. The molecule has 0 aliphatic heterocycles. The van der Waals surface area contributed by atoms with Crippen molar-refractivity contribution in [3.05, 3.63) is 24.4 Å². The first kappa shape index (κ1) is 16.2. The molecule has 1 N–H and O–H groups in total. The predicted molar refractivity (Wildman–Crippen MR) is 64.5 cm³/mol. The van der Waals surface area contributed by atoms with Crippen molar-refractivity contribution in [1.29, 1.82) is 0 Å². The standard InChI is InChI=1S/C7H12O2.C5H11N/c1-5-6(8)9-7(2,3)4;1-4-5(2)6-3/h5H,1H2,2-4H3;4,6H,1-3H3/b;5-4-. The van der Waals surface area contributed by atoms with Gasteiger partial charge in [0.25, 0.3) is 0 Å². The highest BCUT2D eigenvalue weighted by Crippen LogP contribution is 2.06. The summed E-state index contributed by atoms with van der Waals surface area (Å²) in [6.07, 6.45) is 3.19. The highest BCUT2D eigenvalue weighted by molar-refractivity contribution is 5.81. The molecule has 0 atom stereocenters. The second-order valence-corrected chi connectivity index (χ2v) is 3.96. The van der Waals surface area contributed by atoms with Crippen molar-refractivity contribution >= 4 is 5.97 Å². The van der Waals surface area contributed by atoms with Crippen LogP contribution in [0.15, 0.2) is 24.4 Å². The van der Waals surface area contributed by atoms with Crippen LogP contribution in [-0.2, 0) is 9.53 Å². The molecule has 0 saturated carbocycles. The number of nitrogens with one attached hydrogen (secondary N) is 1. The van der Waals surface area contributed by atoms with E-state index in [-0.39, 0.29) is 5.97 Å². The first-order valence-corrected chi connectivity index (χ1v) is 4.93. The minimum Gasteiger partial charge on any atom is -0.457 e. The van der Waals surface area contributed by atoms with Gasteiger partial charge in [-0.2, -0.15) is 0 Å². The van der Waals surface area contributed by atoms with Crippen LogP contribution >= 0.6 is 0 Å². The topological polar surface area (TPSA) is 38.3 Å². The van der Waals surface area contributed by atoms with Crippen molar-refractivity contribution in [3.63, 3.8) is 0 Å². The molecule has 0 aromatic heterocycles. The summed E-state index contributed by atoms with van der Waals surface area (Å²) in [6, 6.07) is 0. The van der Waals surface area contributed by atoms with E-state index in [0.717, 1.165) is 6.08 Å². The van der Waals surface area contributed by atoms with Crippen LogP contribution in [0.3, 0.4) is 0 Å². The van der Waals surface area contributed by atoms with Gasteiger partial charge in [-0.3, -0.25) is 0 Å². The second-order valence-electron chi connectivity index (χ2n) is 3.96. The summed E-state index contributed by atoms with van der Waals surface area (Å²) in [6.45, 7) is 12.7. The maximum atomic E-state index is 10.5. The van der Waals surface area contributed by atoms with Gasteiger partial charge in [-0.25, -0.2) is 4.79 Å². The number of ether oxygens (including phenoxy) is 1. The van der Waals surface area contributed by atoms with Crippen LogP contribution in [0.5, 0.6) is 0 Å². The molecule has 0 amide bonds. The first-order valence-electron chi connectivity index (χ1n) is 4.93. The van der Waals surface area contributed by atoms with Crippen LogP contribution in [0.4, 0.5) is 0 Å². The third kappa shape index (κ3) is 15.5. The van der Waals surface area contributed by atoms with Crippen LogP contribution in [0.1, 0.15) is 34.6 Å². The van der Waals surface area contributed by atoms with E-state index in [1.54, 1.807) is 0 Å². The van der Waals surface area contributed by atoms with Crippen LogP contribution < -0.4 is 5.32 Å². The summed E-state index contributed by atoms with van der Waals surface area (Å²) in [5.41, 5.74) is 0.820. The Bertz CT molecular complexity index is 224. The third-order valence-corrected chi connectivity index (χ3v) is 1.40. The quantitative estimate of drug-likeness (QED) is 0.566. The van der Waals surface area contributed by atoms with E-state index in [9.17, 15) is 4.79 Å². The van der Waals surface area contributed by atoms with E-state index in [0.29, 0.717) is 0 Å². The number of esters is 1. The Morgan fingerprint density at radius 2 is 1.87 bits per heavy atom. The molecule has 0 heterocycles. The van der Waals surface area contributed by atoms with E-state index in [1.165, 1.54) is 5.70 Å². The number of hydrogen-bond donors (Lipinski definition) is 1. The zero-order chi connectivity index (χ0) is 12.5. The fourth-order valence-electron chi connectivity index (χ4n) is 0.488. The lowest BCUT2D eigenvalue weighted by atomic mass is 10.2. The Morgan fingerprint density at radius 1 is 1.40 bits per heavy atom. The molecule has 0 aliphatic carbocycles. The summed E-state index contributed by atoms with van der Waals surface area (Å²) in [7, 11) is 1.91. The van der Waals surface area contributed by atoms with E-state index < -0.39 is 5.60 Å². The number of carbonyl (C=O) groups is 1. The Morgan fingerprint density at radius 3 is 1.93 bits per heavy atom. The van der Waals surface area contributed by atoms with Crippen molar-refractivity contribution in [2.45, 2.75) is 40.2 Å². The largest absolute Gasteiger partial charge is 0.457 e. The van der Waals surface area contributed by atoms with Crippen LogP contribution in [0, 0.1) is 0 Å². The zero-order valence-corrected chi connectivity index (χ0v) is 10.7. The molecule has 0 bridgehead atoms. The number of allylic oxidation sites excluding steroid dienone is 2. The summed E-state index contributed by atoms with van der Waals surface area (Å²) in [5, 5.41) is 2.98. The Kier molecular flexibility index (Phi) is 8.73. The number of hydrogen-bond acceptors (Lipinski definition) is 3. The highest BCUT2D eigenvalue weighted by atomic mass is 16.6. The Balaban J connectivity index is 0. The van der Waals surface area contributed by atoms with E-state index in [4.69, 9.17) is 4.74 Å². The minimum atomic E-state index is -0.398. The lowest BCUT2D eigenvalue weighted by Gasteiger charge is -2.17. The van der Waals surface area contributed by atoms with Gasteiger partial charge >= 0.3 is 5.97 Å². The molecule has 0 radical (unpaired) electrons. The van der Waals surface area contributed by atoms with E-state index in [2.05, 4.69) is 11.9 Å². The average Bonchev–Trinajstić information content (AvgIpc) is 2.15. The molecule has 0 aromatic carbocycles. The third-order valence-electron chi connectivity index (χ3n) is 1.40. The summed E-state index contributed by atoms with van der Waals surface area (Å²) in [4.78, 5) is 10.5. The summed E-state index contributed by atoms with van der Waals surface area (Å²) in [5.74, 6) is -0.373. The van der Waals surface area contributed by atoms with Gasteiger partial charge < -0.3 is 10.1 Å². The Hall–Kier alpha value is -1.25. The van der Waals surface area contributed by atoms with Gasteiger partial charge in [0, 0.05) is 18.8 Å². The summed E-state index contributed by atoms with van der Waals surface area (Å²) >= 11 is 0. The lowest BCUT2D eigenvalue weighted by Crippen LogP contribution is -2.22. The second kappa shape index (κ2) is 8.09. The fraction of sp³-hybridized carbons (Fsp3) is 0.583. The van der Waals surface area contributed by atoms with Crippen LogP contribution in [-0.4, -0.2) is 18.6 Å². The molecule has 0 aromatic rings. The molecule has 3 heteroatoms. The average molecular weight is 213 g/mol. The Labute approximate surface area is 93.2 Å². The van der Waals surface area contributed by atoms with Crippen molar-refractivity contribution < 1.29 is 9.53 Å². The summed E-state index contributed by atoms with van der Waals surface area (Å²) < 4.78 is 4.83. The SMILES string of the molecule is C/C=C(/C)NC.C=CC(=O)OC(C)(C)C. The van der Waals surface area contributed by atoms with Gasteiger partial charge in [0.15, 0.2) is 0 Å². The molecule has 0 saturated heterocycles. The molecule has 0 aliphatic rings. The van der Waals surface area contributed by atoms with Crippen molar-refractivity contribution in [2.24, 2.45) is 0 Å². The lowest BCUT2D eigenvalue weighted by molar-refractivity contribution is -0.148. The monoisotopic (exact) mass is 213 g/mol.